The van der Waals surface area contributed by atoms with Gasteiger partial charge in [0, 0.05) is 6.61 Å². The molecule has 0 aliphatic heterocycles. The summed E-state index contributed by atoms with van der Waals surface area (Å²) in [6, 6.07) is 0. The van der Waals surface area contributed by atoms with E-state index in [0.717, 1.165) is 18.3 Å². The van der Waals surface area contributed by atoms with Crippen molar-refractivity contribution in [1.29, 1.82) is 0 Å². The average molecular weight is 509 g/mol. The molecule has 0 aliphatic rings. The first-order valence-electron chi connectivity index (χ1n) is 17.3. The number of hydrogen-bond acceptors (Lipinski definition) is 1. The lowest BCUT2D eigenvalue weighted by molar-refractivity contribution is 0.270. The zero-order valence-electron chi connectivity index (χ0n) is 25.8. The Bertz CT molecular complexity index is 379. The summed E-state index contributed by atoms with van der Waals surface area (Å²) in [6.45, 7) is 7.48. The third kappa shape index (κ3) is 30.2. The van der Waals surface area contributed by atoms with Crippen LogP contribution in [0.3, 0.4) is 0 Å². The highest BCUT2D eigenvalue weighted by molar-refractivity contribution is 4.58. The quantitative estimate of drug-likeness (QED) is 0.0923. The minimum Gasteiger partial charge on any atom is -0.396 e. The summed E-state index contributed by atoms with van der Waals surface area (Å²) in [7, 11) is 0. The minimum absolute atomic E-state index is 0.362. The van der Waals surface area contributed by atoms with Gasteiger partial charge in [0.15, 0.2) is 0 Å². The van der Waals surface area contributed by atoms with Crippen molar-refractivity contribution in [1.82, 2.24) is 0 Å². The maximum absolute atomic E-state index is 8.92. The molecule has 0 amide bonds. The van der Waals surface area contributed by atoms with Crippen molar-refractivity contribution in [3.63, 3.8) is 0 Å². The van der Waals surface area contributed by atoms with Crippen LogP contribution in [-0.4, -0.2) is 11.7 Å². The fourth-order valence-electron chi connectivity index (χ4n) is 5.82. The van der Waals surface area contributed by atoms with Crippen LogP contribution in [0, 0.1) is 11.8 Å². The lowest BCUT2D eigenvalue weighted by Gasteiger charge is -2.13. The predicted octanol–water partition coefficient (Wildman–Crippen LogP) is 12.6. The molecule has 2 atom stereocenters. The van der Waals surface area contributed by atoms with Crippen LogP contribution >= 0.6 is 0 Å². The van der Waals surface area contributed by atoms with E-state index >= 15 is 0 Å². The van der Waals surface area contributed by atoms with Gasteiger partial charge >= 0.3 is 0 Å². The smallest absolute Gasteiger partial charge is 0.0431 e. The van der Waals surface area contributed by atoms with Crippen LogP contribution in [0.15, 0.2) is 0 Å². The molecule has 0 rings (SSSR count). The monoisotopic (exact) mass is 509 g/mol. The fraction of sp³-hybridized carbons (Fsp3) is 1.00. The zero-order valence-corrected chi connectivity index (χ0v) is 25.8. The summed E-state index contributed by atoms with van der Waals surface area (Å²) in [4.78, 5) is 0. The summed E-state index contributed by atoms with van der Waals surface area (Å²) >= 11 is 0. The van der Waals surface area contributed by atoms with E-state index in [2.05, 4.69) is 20.8 Å². The van der Waals surface area contributed by atoms with Gasteiger partial charge in [-0.25, -0.2) is 0 Å². The second-order valence-corrected chi connectivity index (χ2v) is 12.6. The van der Waals surface area contributed by atoms with Gasteiger partial charge in [-0.2, -0.15) is 0 Å². The standard InChI is InChI=1S/C35H72O/c1-4-5-6-7-8-9-10-11-12-13-14-15-16-17-18-19-20-21-22-23-24-25-29-34(2)30-26-27-31-35(3)32-28-33-36/h34-36H,4-33H2,1-3H3. The molecular formula is C35H72O. The maximum Gasteiger partial charge on any atom is 0.0431 e. The summed E-state index contributed by atoms with van der Waals surface area (Å²) in [6.07, 6.45) is 41.5. The molecule has 0 aromatic carbocycles. The Morgan fingerprint density at radius 3 is 0.833 bits per heavy atom. The highest BCUT2D eigenvalue weighted by Crippen LogP contribution is 2.21. The van der Waals surface area contributed by atoms with Crippen LogP contribution in [0.25, 0.3) is 0 Å². The summed E-state index contributed by atoms with van der Waals surface area (Å²) < 4.78 is 0. The van der Waals surface area contributed by atoms with Gasteiger partial charge in [-0.1, -0.05) is 194 Å². The second-order valence-electron chi connectivity index (χ2n) is 12.6. The molecule has 0 fully saturated rings. The first-order chi connectivity index (χ1) is 17.7. The third-order valence-corrected chi connectivity index (χ3v) is 8.55. The van der Waals surface area contributed by atoms with Gasteiger partial charge in [-0.3, -0.25) is 0 Å². The highest BCUT2D eigenvalue weighted by atomic mass is 16.2. The Labute approximate surface area is 230 Å². The Kier molecular flexibility index (Phi) is 31.1. The van der Waals surface area contributed by atoms with Crippen LogP contribution in [-0.2, 0) is 0 Å². The van der Waals surface area contributed by atoms with E-state index in [4.69, 9.17) is 5.11 Å². The fourth-order valence-corrected chi connectivity index (χ4v) is 5.82. The van der Waals surface area contributed by atoms with Crippen LogP contribution in [0.1, 0.15) is 207 Å². The van der Waals surface area contributed by atoms with Crippen molar-refractivity contribution in [2.24, 2.45) is 11.8 Å². The van der Waals surface area contributed by atoms with Crippen LogP contribution in [0.4, 0.5) is 0 Å². The average Bonchev–Trinajstić information content (AvgIpc) is 2.88. The van der Waals surface area contributed by atoms with Gasteiger partial charge in [0.1, 0.15) is 0 Å². The van der Waals surface area contributed by atoms with Crippen molar-refractivity contribution in [2.75, 3.05) is 6.61 Å². The minimum atomic E-state index is 0.362. The number of aliphatic hydroxyl groups is 1. The molecule has 0 bridgehead atoms. The molecule has 0 saturated heterocycles. The van der Waals surface area contributed by atoms with E-state index < -0.39 is 0 Å². The first kappa shape index (κ1) is 36.0. The molecule has 0 radical (unpaired) electrons. The molecule has 36 heavy (non-hydrogen) atoms. The van der Waals surface area contributed by atoms with E-state index in [0.29, 0.717) is 6.61 Å². The second kappa shape index (κ2) is 31.2. The van der Waals surface area contributed by atoms with Crippen molar-refractivity contribution in [3.8, 4) is 0 Å². The van der Waals surface area contributed by atoms with Crippen molar-refractivity contribution >= 4 is 0 Å². The molecule has 1 nitrogen and oxygen atoms in total. The molecule has 0 aliphatic carbocycles. The van der Waals surface area contributed by atoms with Gasteiger partial charge in [0.2, 0.25) is 0 Å². The molecule has 1 heteroatoms. The van der Waals surface area contributed by atoms with Crippen LogP contribution in [0.2, 0.25) is 0 Å². The Morgan fingerprint density at radius 1 is 0.333 bits per heavy atom. The van der Waals surface area contributed by atoms with E-state index in [1.807, 2.05) is 0 Å². The lowest BCUT2D eigenvalue weighted by Crippen LogP contribution is -1.99. The van der Waals surface area contributed by atoms with Crippen molar-refractivity contribution in [2.45, 2.75) is 207 Å². The summed E-state index contributed by atoms with van der Waals surface area (Å²) in [5.74, 6) is 1.72. The highest BCUT2D eigenvalue weighted by Gasteiger charge is 2.05. The SMILES string of the molecule is CCCCCCCCCCCCCCCCCCCCCCCCC(C)CCCCC(C)CCCO. The molecule has 1 N–H and O–H groups in total. The molecule has 2 unspecified atom stereocenters. The van der Waals surface area contributed by atoms with E-state index in [1.165, 1.54) is 180 Å². The number of hydrogen-bond donors (Lipinski definition) is 1. The maximum atomic E-state index is 8.92. The molecular weight excluding hydrogens is 436 g/mol. The molecule has 0 spiro atoms. The van der Waals surface area contributed by atoms with Gasteiger partial charge in [0.25, 0.3) is 0 Å². The predicted molar refractivity (Wildman–Crippen MR) is 165 cm³/mol. The summed E-state index contributed by atoms with van der Waals surface area (Å²) in [5, 5.41) is 8.92. The Hall–Kier alpha value is -0.0400. The van der Waals surface area contributed by atoms with Crippen molar-refractivity contribution in [3.05, 3.63) is 0 Å². The van der Waals surface area contributed by atoms with E-state index in [-0.39, 0.29) is 0 Å². The van der Waals surface area contributed by atoms with Gasteiger partial charge < -0.3 is 5.11 Å². The molecule has 0 saturated carbocycles. The zero-order chi connectivity index (χ0) is 26.4. The van der Waals surface area contributed by atoms with E-state index in [9.17, 15) is 0 Å². The largest absolute Gasteiger partial charge is 0.396 e. The topological polar surface area (TPSA) is 20.2 Å². The van der Waals surface area contributed by atoms with Gasteiger partial charge in [-0.05, 0) is 24.7 Å². The summed E-state index contributed by atoms with van der Waals surface area (Å²) in [5.41, 5.74) is 0. The Balaban J connectivity index is 3.15. The lowest BCUT2D eigenvalue weighted by atomic mass is 9.93. The van der Waals surface area contributed by atoms with Crippen molar-refractivity contribution < 1.29 is 5.11 Å². The molecule has 218 valence electrons. The molecule has 0 heterocycles. The molecule has 0 aromatic heterocycles. The van der Waals surface area contributed by atoms with Crippen LogP contribution in [0.5, 0.6) is 0 Å². The van der Waals surface area contributed by atoms with Gasteiger partial charge in [0.05, 0.1) is 0 Å². The van der Waals surface area contributed by atoms with E-state index in [1.54, 1.807) is 0 Å². The normalized spacial score (nSPS) is 13.3. The number of unbranched alkanes of at least 4 members (excludes halogenated alkanes) is 22. The Morgan fingerprint density at radius 2 is 0.556 bits per heavy atom. The first-order valence-corrected chi connectivity index (χ1v) is 17.3. The number of aliphatic hydroxyl groups excluding tert-OH is 1. The number of rotatable bonds is 31. The van der Waals surface area contributed by atoms with Gasteiger partial charge in [-0.15, -0.1) is 0 Å². The van der Waals surface area contributed by atoms with Crippen LogP contribution < -0.4 is 0 Å². The molecule has 0 aromatic rings. The third-order valence-electron chi connectivity index (χ3n) is 8.55.